The molecule has 1 aliphatic rings. The molecule has 104 valence electrons. The van der Waals surface area contributed by atoms with Crippen molar-refractivity contribution in [2.75, 3.05) is 24.7 Å². The number of anilines is 1. The fraction of sp³-hybridized carbons (Fsp3) is 0.500. The molecule has 2 rings (SSSR count). The van der Waals surface area contributed by atoms with Crippen molar-refractivity contribution in [1.82, 2.24) is 5.32 Å². The number of hydrogen-bond acceptors (Lipinski definition) is 3. The Morgan fingerprint density at radius 2 is 2.21 bits per heavy atom. The zero-order chi connectivity index (χ0) is 13.7. The van der Waals surface area contributed by atoms with Gasteiger partial charge < -0.3 is 10.6 Å². The summed E-state index contributed by atoms with van der Waals surface area (Å²) in [5, 5.41) is 6.00. The molecular weight excluding hydrogens is 260 g/mol. The maximum atomic E-state index is 11.7. The third-order valence-electron chi connectivity index (χ3n) is 3.00. The third kappa shape index (κ3) is 5.53. The van der Waals surface area contributed by atoms with Crippen molar-refractivity contribution in [3.63, 3.8) is 0 Å². The summed E-state index contributed by atoms with van der Waals surface area (Å²) in [6, 6.07) is 7.51. The van der Waals surface area contributed by atoms with Gasteiger partial charge in [0.05, 0.1) is 6.54 Å². The Kier molecular flexibility index (Phi) is 5.10. The van der Waals surface area contributed by atoms with Crippen LogP contribution in [0.2, 0.25) is 0 Å². The van der Waals surface area contributed by atoms with Crippen molar-refractivity contribution >= 4 is 22.4 Å². The van der Waals surface area contributed by atoms with Gasteiger partial charge in [-0.15, -0.1) is 0 Å². The van der Waals surface area contributed by atoms with E-state index >= 15 is 0 Å². The van der Waals surface area contributed by atoms with Gasteiger partial charge in [-0.25, -0.2) is 0 Å². The molecule has 0 aliphatic heterocycles. The van der Waals surface area contributed by atoms with E-state index < -0.39 is 10.8 Å². The van der Waals surface area contributed by atoms with E-state index in [0.29, 0.717) is 12.3 Å². The predicted molar refractivity (Wildman–Crippen MR) is 78.4 cm³/mol. The molecule has 1 saturated carbocycles. The van der Waals surface area contributed by atoms with Crippen LogP contribution < -0.4 is 10.6 Å². The molecule has 0 saturated heterocycles. The van der Waals surface area contributed by atoms with E-state index in [1.165, 1.54) is 12.8 Å². The SMILES string of the molecule is CS(=O)Cc1cccc(NC(=O)CNCC2CC2)c1. The highest BCUT2D eigenvalue weighted by atomic mass is 32.2. The van der Waals surface area contributed by atoms with Crippen LogP contribution in [0.4, 0.5) is 5.69 Å². The van der Waals surface area contributed by atoms with E-state index in [4.69, 9.17) is 0 Å². The van der Waals surface area contributed by atoms with Crippen molar-refractivity contribution in [2.24, 2.45) is 5.92 Å². The summed E-state index contributed by atoms with van der Waals surface area (Å²) >= 11 is 0. The van der Waals surface area contributed by atoms with Crippen LogP contribution in [0.1, 0.15) is 18.4 Å². The molecule has 0 aromatic heterocycles. The second-order valence-corrected chi connectivity index (χ2v) is 6.48. The van der Waals surface area contributed by atoms with E-state index in [1.807, 2.05) is 24.3 Å². The smallest absolute Gasteiger partial charge is 0.238 e. The summed E-state index contributed by atoms with van der Waals surface area (Å²) in [6.07, 6.45) is 4.24. The van der Waals surface area contributed by atoms with Gasteiger partial charge in [-0.1, -0.05) is 12.1 Å². The minimum Gasteiger partial charge on any atom is -0.325 e. The van der Waals surface area contributed by atoms with E-state index in [9.17, 15) is 9.00 Å². The average Bonchev–Trinajstić information content (AvgIpc) is 3.12. The number of benzene rings is 1. The molecule has 1 atom stereocenters. The average molecular weight is 280 g/mol. The highest BCUT2D eigenvalue weighted by molar-refractivity contribution is 7.83. The summed E-state index contributed by atoms with van der Waals surface area (Å²) < 4.78 is 11.2. The van der Waals surface area contributed by atoms with Gasteiger partial charge in [0.1, 0.15) is 0 Å². The minimum atomic E-state index is -0.866. The first-order chi connectivity index (χ1) is 9.13. The van der Waals surface area contributed by atoms with Crippen molar-refractivity contribution in [3.05, 3.63) is 29.8 Å². The molecule has 19 heavy (non-hydrogen) atoms. The molecule has 5 heteroatoms. The number of rotatable bonds is 7. The first-order valence-corrected chi connectivity index (χ1v) is 8.26. The van der Waals surface area contributed by atoms with Gasteiger partial charge in [0.2, 0.25) is 5.91 Å². The molecule has 0 radical (unpaired) electrons. The fourth-order valence-corrected chi connectivity index (χ4v) is 2.54. The van der Waals surface area contributed by atoms with Crippen LogP contribution in [-0.2, 0) is 21.3 Å². The van der Waals surface area contributed by atoms with Crippen LogP contribution in [-0.4, -0.2) is 29.5 Å². The molecule has 1 aromatic rings. The lowest BCUT2D eigenvalue weighted by Gasteiger charge is -2.07. The Bertz CT molecular complexity index is 472. The normalized spacial score (nSPS) is 16.1. The van der Waals surface area contributed by atoms with Crippen molar-refractivity contribution in [1.29, 1.82) is 0 Å². The van der Waals surface area contributed by atoms with Crippen LogP contribution in [0.15, 0.2) is 24.3 Å². The first kappa shape index (κ1) is 14.2. The van der Waals surface area contributed by atoms with Crippen molar-refractivity contribution in [3.8, 4) is 0 Å². The first-order valence-electron chi connectivity index (χ1n) is 6.53. The topological polar surface area (TPSA) is 58.2 Å². The maximum Gasteiger partial charge on any atom is 0.238 e. The predicted octanol–water partition coefficient (Wildman–Crippen LogP) is 1.50. The lowest BCUT2D eigenvalue weighted by Crippen LogP contribution is -2.29. The van der Waals surface area contributed by atoms with Crippen LogP contribution in [0.25, 0.3) is 0 Å². The zero-order valence-corrected chi connectivity index (χ0v) is 12.0. The summed E-state index contributed by atoms with van der Waals surface area (Å²) in [7, 11) is -0.866. The Labute approximate surface area is 116 Å². The van der Waals surface area contributed by atoms with Gasteiger partial charge in [-0.2, -0.15) is 0 Å². The number of hydrogen-bond donors (Lipinski definition) is 2. The maximum absolute atomic E-state index is 11.7. The molecule has 4 nitrogen and oxygen atoms in total. The van der Waals surface area contributed by atoms with Gasteiger partial charge in [-0.05, 0) is 43.0 Å². The largest absolute Gasteiger partial charge is 0.325 e. The third-order valence-corrected chi connectivity index (χ3v) is 3.74. The highest BCUT2D eigenvalue weighted by Gasteiger charge is 2.20. The van der Waals surface area contributed by atoms with Crippen molar-refractivity contribution < 1.29 is 9.00 Å². The fourth-order valence-electron chi connectivity index (χ4n) is 1.89. The molecule has 1 aliphatic carbocycles. The second-order valence-electron chi connectivity index (χ2n) is 5.04. The Morgan fingerprint density at radius 3 is 2.89 bits per heavy atom. The van der Waals surface area contributed by atoms with Gasteiger partial charge in [0, 0.05) is 28.5 Å². The quantitative estimate of drug-likeness (QED) is 0.796. The second kappa shape index (κ2) is 6.82. The van der Waals surface area contributed by atoms with E-state index in [2.05, 4.69) is 10.6 Å². The molecule has 0 spiro atoms. The molecule has 0 heterocycles. The van der Waals surface area contributed by atoms with Gasteiger partial charge in [-0.3, -0.25) is 9.00 Å². The van der Waals surface area contributed by atoms with Crippen LogP contribution in [0, 0.1) is 5.92 Å². The molecule has 1 amide bonds. The monoisotopic (exact) mass is 280 g/mol. The summed E-state index contributed by atoms with van der Waals surface area (Å²) in [4.78, 5) is 11.7. The molecule has 1 aromatic carbocycles. The molecule has 1 fully saturated rings. The van der Waals surface area contributed by atoms with E-state index in [-0.39, 0.29) is 5.91 Å². The summed E-state index contributed by atoms with van der Waals surface area (Å²) in [6.45, 7) is 1.28. The lowest BCUT2D eigenvalue weighted by molar-refractivity contribution is -0.115. The lowest BCUT2D eigenvalue weighted by atomic mass is 10.2. The number of nitrogens with one attached hydrogen (secondary N) is 2. The number of amides is 1. The number of carbonyl (C=O) groups is 1. The van der Waals surface area contributed by atoms with Gasteiger partial charge in [0.15, 0.2) is 0 Å². The molecule has 0 bridgehead atoms. The Morgan fingerprint density at radius 1 is 1.42 bits per heavy atom. The zero-order valence-electron chi connectivity index (χ0n) is 11.1. The van der Waals surface area contributed by atoms with Crippen LogP contribution in [0.5, 0.6) is 0 Å². The summed E-state index contributed by atoms with van der Waals surface area (Å²) in [5.74, 6) is 1.26. The van der Waals surface area contributed by atoms with E-state index in [1.54, 1.807) is 6.26 Å². The molecule has 2 N–H and O–H groups in total. The number of carbonyl (C=O) groups excluding carboxylic acids is 1. The summed E-state index contributed by atoms with van der Waals surface area (Å²) in [5.41, 5.74) is 1.74. The van der Waals surface area contributed by atoms with Gasteiger partial charge in [0.25, 0.3) is 0 Å². The molecule has 1 unspecified atom stereocenters. The Balaban J connectivity index is 1.79. The molecular formula is C14H20N2O2S. The van der Waals surface area contributed by atoms with Crippen LogP contribution in [0.3, 0.4) is 0 Å². The minimum absolute atomic E-state index is 0.0320. The highest BCUT2D eigenvalue weighted by Crippen LogP contribution is 2.27. The van der Waals surface area contributed by atoms with Crippen molar-refractivity contribution in [2.45, 2.75) is 18.6 Å². The Hall–Kier alpha value is -1.20. The standard InChI is InChI=1S/C14H20N2O2S/c1-19(18)10-12-3-2-4-13(7-12)16-14(17)9-15-8-11-5-6-11/h2-4,7,11,15H,5-6,8-10H2,1H3,(H,16,17). The van der Waals surface area contributed by atoms with Crippen LogP contribution >= 0.6 is 0 Å². The van der Waals surface area contributed by atoms with E-state index in [0.717, 1.165) is 23.7 Å². The van der Waals surface area contributed by atoms with Gasteiger partial charge >= 0.3 is 0 Å².